The van der Waals surface area contributed by atoms with Gasteiger partial charge in [0.25, 0.3) is 11.6 Å². The fourth-order valence-electron chi connectivity index (χ4n) is 2.97. The van der Waals surface area contributed by atoms with Crippen LogP contribution in [0.5, 0.6) is 0 Å². The molecule has 1 aromatic carbocycles. The topological polar surface area (TPSA) is 116 Å². The molecule has 2 heterocycles. The van der Waals surface area contributed by atoms with Crippen molar-refractivity contribution in [1.29, 1.82) is 0 Å². The maximum Gasteiger partial charge on any atom is 0.348 e. The third-order valence-electron chi connectivity index (χ3n) is 4.38. The first-order valence-corrected chi connectivity index (χ1v) is 10.2. The lowest BCUT2D eigenvalue weighted by atomic mass is 10.2. The van der Waals surface area contributed by atoms with Crippen molar-refractivity contribution in [2.75, 3.05) is 11.9 Å². The highest BCUT2D eigenvalue weighted by Crippen LogP contribution is 2.29. The number of thiophene rings is 1. The monoisotopic (exact) mass is 430 g/mol. The van der Waals surface area contributed by atoms with Crippen LogP contribution in [0.2, 0.25) is 0 Å². The molecule has 1 N–H and O–H groups in total. The van der Waals surface area contributed by atoms with Gasteiger partial charge in [0.05, 0.1) is 10.6 Å². The van der Waals surface area contributed by atoms with Crippen LogP contribution < -0.4 is 5.32 Å². The van der Waals surface area contributed by atoms with Gasteiger partial charge in [-0.05, 0) is 37.5 Å². The van der Waals surface area contributed by atoms with Crippen molar-refractivity contribution in [1.82, 2.24) is 9.78 Å². The Kier molecular flexibility index (Phi) is 6.16. The zero-order chi connectivity index (χ0) is 22.0. The molecule has 2 aromatic heterocycles. The van der Waals surface area contributed by atoms with Crippen LogP contribution in [-0.4, -0.2) is 33.2 Å². The van der Waals surface area contributed by atoms with Crippen molar-refractivity contribution < 1.29 is 19.2 Å². The van der Waals surface area contributed by atoms with Crippen molar-refractivity contribution in [3.63, 3.8) is 0 Å². The first-order valence-electron chi connectivity index (χ1n) is 9.34. The van der Waals surface area contributed by atoms with E-state index in [1.54, 1.807) is 13.0 Å². The second kappa shape index (κ2) is 8.62. The summed E-state index contributed by atoms with van der Waals surface area (Å²) in [5, 5.41) is 18.8. The van der Waals surface area contributed by atoms with Crippen LogP contribution in [0.1, 0.15) is 34.8 Å². The van der Waals surface area contributed by atoms with Gasteiger partial charge in [0.1, 0.15) is 9.71 Å². The Labute approximate surface area is 176 Å². The van der Waals surface area contributed by atoms with E-state index in [2.05, 4.69) is 24.3 Å². The predicted molar refractivity (Wildman–Crippen MR) is 114 cm³/mol. The summed E-state index contributed by atoms with van der Waals surface area (Å²) in [6.07, 6.45) is 0. The number of fused-ring (bicyclic) bond motifs is 1. The Hall–Kier alpha value is -3.27. The summed E-state index contributed by atoms with van der Waals surface area (Å²) in [6.45, 7) is 8.01. The number of esters is 1. The number of hydrogen-bond donors (Lipinski definition) is 1. The predicted octanol–water partition coefficient (Wildman–Crippen LogP) is 4.07. The Balaban J connectivity index is 1.64. The number of amides is 1. The number of anilines is 1. The molecule has 0 unspecified atom stereocenters. The van der Waals surface area contributed by atoms with E-state index in [0.29, 0.717) is 22.0 Å². The van der Waals surface area contributed by atoms with Gasteiger partial charge in [-0.3, -0.25) is 19.6 Å². The molecule has 0 bridgehead atoms. The number of benzene rings is 1. The molecule has 3 aromatic rings. The summed E-state index contributed by atoms with van der Waals surface area (Å²) >= 11 is 1.29. The number of aromatic nitrogens is 2. The lowest BCUT2D eigenvalue weighted by Crippen LogP contribution is -2.21. The van der Waals surface area contributed by atoms with E-state index < -0.39 is 23.4 Å². The van der Waals surface area contributed by atoms with E-state index in [1.165, 1.54) is 29.5 Å². The smallest absolute Gasteiger partial charge is 0.348 e. The van der Waals surface area contributed by atoms with Gasteiger partial charge in [0.2, 0.25) is 0 Å². The quantitative estimate of drug-likeness (QED) is 0.343. The molecule has 0 fully saturated rings. The molecule has 0 spiro atoms. The van der Waals surface area contributed by atoms with Crippen molar-refractivity contribution in [3.05, 3.63) is 50.5 Å². The van der Waals surface area contributed by atoms with Gasteiger partial charge >= 0.3 is 5.97 Å². The summed E-state index contributed by atoms with van der Waals surface area (Å²) in [4.78, 5) is 36.1. The van der Waals surface area contributed by atoms with Gasteiger partial charge in [-0.25, -0.2) is 4.79 Å². The zero-order valence-electron chi connectivity index (χ0n) is 17.1. The SMILES string of the molecule is Cc1cc([N+](=O)[O-])ccc1NC(=O)COC(=O)c1cc2c(C)nn(CC(C)C)c2s1. The second-order valence-electron chi connectivity index (χ2n) is 7.37. The van der Waals surface area contributed by atoms with E-state index in [0.717, 1.165) is 22.5 Å². The molecular weight excluding hydrogens is 408 g/mol. The van der Waals surface area contributed by atoms with Crippen molar-refractivity contribution in [3.8, 4) is 0 Å². The third-order valence-corrected chi connectivity index (χ3v) is 5.50. The second-order valence-corrected chi connectivity index (χ2v) is 8.40. The largest absolute Gasteiger partial charge is 0.451 e. The summed E-state index contributed by atoms with van der Waals surface area (Å²) in [6, 6.07) is 5.85. The molecule has 3 rings (SSSR count). The number of nitro groups is 1. The Bertz CT molecular complexity index is 1130. The number of nitrogens with one attached hydrogen (secondary N) is 1. The highest BCUT2D eigenvalue weighted by atomic mass is 32.1. The van der Waals surface area contributed by atoms with Crippen LogP contribution in [0.4, 0.5) is 11.4 Å². The molecule has 0 aliphatic carbocycles. The van der Waals surface area contributed by atoms with Crippen LogP contribution in [0.3, 0.4) is 0 Å². The first-order chi connectivity index (χ1) is 14.2. The lowest BCUT2D eigenvalue weighted by molar-refractivity contribution is -0.384. The number of carbonyl (C=O) groups excluding carboxylic acids is 2. The highest BCUT2D eigenvalue weighted by Gasteiger charge is 2.19. The van der Waals surface area contributed by atoms with Crippen LogP contribution >= 0.6 is 11.3 Å². The van der Waals surface area contributed by atoms with Crippen LogP contribution in [-0.2, 0) is 16.1 Å². The van der Waals surface area contributed by atoms with E-state index in [1.807, 2.05) is 11.6 Å². The molecular formula is C20H22N4O5S. The number of rotatable bonds is 7. The van der Waals surface area contributed by atoms with E-state index in [4.69, 9.17) is 4.74 Å². The van der Waals surface area contributed by atoms with Gasteiger partial charge in [-0.2, -0.15) is 5.10 Å². The van der Waals surface area contributed by atoms with Crippen LogP contribution in [0, 0.1) is 29.9 Å². The molecule has 9 nitrogen and oxygen atoms in total. The van der Waals surface area contributed by atoms with Gasteiger partial charge in [0, 0.05) is 29.8 Å². The summed E-state index contributed by atoms with van der Waals surface area (Å²) < 4.78 is 7.03. The number of carbonyl (C=O) groups is 2. The van der Waals surface area contributed by atoms with Gasteiger partial charge in [0.15, 0.2) is 6.61 Å². The fourth-order valence-corrected chi connectivity index (χ4v) is 4.04. The Morgan fingerprint density at radius 2 is 2.03 bits per heavy atom. The molecule has 10 heteroatoms. The van der Waals surface area contributed by atoms with Gasteiger partial charge < -0.3 is 10.1 Å². The van der Waals surface area contributed by atoms with Crippen molar-refractivity contribution in [2.24, 2.45) is 5.92 Å². The molecule has 0 saturated carbocycles. The molecule has 158 valence electrons. The number of ether oxygens (including phenoxy) is 1. The molecule has 30 heavy (non-hydrogen) atoms. The summed E-state index contributed by atoms with van der Waals surface area (Å²) in [7, 11) is 0. The maximum atomic E-state index is 12.4. The standard InChI is InChI=1S/C20H22N4O5S/c1-11(2)9-23-19-15(13(4)22-23)8-17(30-19)20(26)29-10-18(25)21-16-6-5-14(24(27)28)7-12(16)3/h5-8,11H,9-10H2,1-4H3,(H,21,25). The average Bonchev–Trinajstić information content (AvgIpc) is 3.22. The molecule has 0 aliphatic heterocycles. The van der Waals surface area contributed by atoms with Crippen molar-refractivity contribution >= 4 is 44.8 Å². The molecule has 0 aliphatic rings. The summed E-state index contributed by atoms with van der Waals surface area (Å²) in [5.74, 6) is -0.692. The normalized spacial score (nSPS) is 11.1. The van der Waals surface area contributed by atoms with Crippen molar-refractivity contribution in [2.45, 2.75) is 34.2 Å². The molecule has 0 saturated heterocycles. The van der Waals surface area contributed by atoms with Gasteiger partial charge in [-0.1, -0.05) is 13.8 Å². The number of hydrogen-bond acceptors (Lipinski definition) is 7. The average molecular weight is 430 g/mol. The zero-order valence-corrected chi connectivity index (χ0v) is 17.9. The van der Waals surface area contributed by atoms with E-state index >= 15 is 0 Å². The van der Waals surface area contributed by atoms with E-state index in [9.17, 15) is 19.7 Å². The molecule has 0 radical (unpaired) electrons. The highest BCUT2D eigenvalue weighted by molar-refractivity contribution is 7.20. The van der Waals surface area contributed by atoms with Crippen LogP contribution in [0.25, 0.3) is 10.2 Å². The maximum absolute atomic E-state index is 12.4. The number of nitro benzene ring substituents is 1. The Morgan fingerprint density at radius 3 is 2.67 bits per heavy atom. The first kappa shape index (κ1) is 21.4. The number of non-ortho nitro benzene ring substituents is 1. The number of nitrogens with zero attached hydrogens (tertiary/aromatic N) is 3. The van der Waals surface area contributed by atoms with Gasteiger partial charge in [-0.15, -0.1) is 11.3 Å². The minimum atomic E-state index is -0.581. The third kappa shape index (κ3) is 4.65. The number of aryl methyl sites for hydroxylation is 2. The lowest BCUT2D eigenvalue weighted by Gasteiger charge is -2.08. The van der Waals surface area contributed by atoms with Crippen LogP contribution in [0.15, 0.2) is 24.3 Å². The minimum Gasteiger partial charge on any atom is -0.451 e. The van der Waals surface area contributed by atoms with E-state index in [-0.39, 0.29) is 5.69 Å². The molecule has 1 amide bonds. The minimum absolute atomic E-state index is 0.0620. The summed E-state index contributed by atoms with van der Waals surface area (Å²) in [5.41, 5.74) is 1.74. The Morgan fingerprint density at radius 1 is 1.30 bits per heavy atom. The fraction of sp³-hybridized carbons (Fsp3) is 0.350. The molecule has 0 atom stereocenters.